The van der Waals surface area contributed by atoms with Crippen molar-refractivity contribution in [2.24, 2.45) is 0 Å². The molecule has 1 heterocycles. The molecule has 0 spiro atoms. The first-order valence-corrected chi connectivity index (χ1v) is 12.5. The van der Waals surface area contributed by atoms with Crippen LogP contribution in [0.1, 0.15) is 34.3 Å². The van der Waals surface area contributed by atoms with Crippen LogP contribution < -0.4 is 20.1 Å². The number of benzene rings is 3. The Morgan fingerprint density at radius 2 is 1.68 bits per heavy atom. The van der Waals surface area contributed by atoms with E-state index in [1.54, 1.807) is 30.3 Å². The normalized spacial score (nSPS) is 15.2. The topological polar surface area (TPSA) is 85.9 Å². The molecule has 1 saturated heterocycles. The van der Waals surface area contributed by atoms with Crippen molar-refractivity contribution < 1.29 is 23.8 Å². The van der Waals surface area contributed by atoms with Crippen molar-refractivity contribution in [3.05, 3.63) is 101 Å². The van der Waals surface area contributed by atoms with E-state index in [-0.39, 0.29) is 23.6 Å². The van der Waals surface area contributed by atoms with E-state index in [1.807, 2.05) is 61.5 Å². The highest BCUT2D eigenvalue weighted by molar-refractivity contribution is 6.05. The summed E-state index contributed by atoms with van der Waals surface area (Å²) in [5.41, 5.74) is 2.46. The molecule has 2 amide bonds. The predicted octanol–water partition coefficient (Wildman–Crippen LogP) is 4.52. The monoisotopic (exact) mass is 500 g/mol. The predicted molar refractivity (Wildman–Crippen MR) is 142 cm³/mol. The summed E-state index contributed by atoms with van der Waals surface area (Å²) >= 11 is 0. The number of aryl methyl sites for hydroxylation is 1. The van der Waals surface area contributed by atoms with Crippen molar-refractivity contribution >= 4 is 17.9 Å². The molecule has 1 aliphatic rings. The number of amides is 2. The summed E-state index contributed by atoms with van der Waals surface area (Å²) in [6.45, 7) is 3.93. The van der Waals surface area contributed by atoms with Gasteiger partial charge in [0.25, 0.3) is 11.8 Å². The number of hydrogen-bond acceptors (Lipinski definition) is 5. The van der Waals surface area contributed by atoms with E-state index in [1.165, 1.54) is 0 Å². The summed E-state index contributed by atoms with van der Waals surface area (Å²) in [5, 5.41) is 5.63. The smallest absolute Gasteiger partial charge is 0.267 e. The molecule has 7 heteroatoms. The molecule has 0 aliphatic carbocycles. The summed E-state index contributed by atoms with van der Waals surface area (Å²) < 4.78 is 17.1. The second kappa shape index (κ2) is 13.3. The lowest BCUT2D eigenvalue weighted by atomic mass is 10.1. The fraction of sp³-hybridized carbons (Fsp3) is 0.267. The van der Waals surface area contributed by atoms with Crippen molar-refractivity contribution in [3.63, 3.8) is 0 Å². The van der Waals surface area contributed by atoms with Crippen molar-refractivity contribution in [2.75, 3.05) is 26.4 Å². The van der Waals surface area contributed by atoms with Gasteiger partial charge in [-0.25, -0.2) is 0 Å². The molecule has 0 radical (unpaired) electrons. The Bertz CT molecular complexity index is 1200. The summed E-state index contributed by atoms with van der Waals surface area (Å²) in [6.07, 6.45) is 3.55. The second-order valence-corrected chi connectivity index (χ2v) is 8.75. The molecule has 3 aromatic carbocycles. The van der Waals surface area contributed by atoms with E-state index in [4.69, 9.17) is 14.2 Å². The lowest BCUT2D eigenvalue weighted by molar-refractivity contribution is -0.118. The number of ether oxygens (including phenoxy) is 3. The van der Waals surface area contributed by atoms with Crippen molar-refractivity contribution in [1.29, 1.82) is 0 Å². The van der Waals surface area contributed by atoms with E-state index in [9.17, 15) is 9.59 Å². The Morgan fingerprint density at radius 1 is 0.946 bits per heavy atom. The fourth-order valence-corrected chi connectivity index (χ4v) is 3.91. The van der Waals surface area contributed by atoms with Gasteiger partial charge >= 0.3 is 0 Å². The maximum Gasteiger partial charge on any atom is 0.267 e. The van der Waals surface area contributed by atoms with E-state index >= 15 is 0 Å². The Balaban J connectivity index is 1.37. The van der Waals surface area contributed by atoms with Gasteiger partial charge in [0.15, 0.2) is 0 Å². The largest absolute Gasteiger partial charge is 0.490 e. The highest BCUT2D eigenvalue weighted by atomic mass is 16.5. The van der Waals surface area contributed by atoms with Crippen LogP contribution in [-0.2, 0) is 9.53 Å². The second-order valence-electron chi connectivity index (χ2n) is 8.75. The minimum absolute atomic E-state index is 0.00115. The molecule has 0 bridgehead atoms. The molecule has 1 unspecified atom stereocenters. The maximum atomic E-state index is 13.0. The molecule has 1 atom stereocenters. The third kappa shape index (κ3) is 7.95. The van der Waals surface area contributed by atoms with Gasteiger partial charge < -0.3 is 24.8 Å². The Labute approximate surface area is 217 Å². The van der Waals surface area contributed by atoms with E-state index in [2.05, 4.69) is 10.6 Å². The van der Waals surface area contributed by atoms with Gasteiger partial charge in [0.1, 0.15) is 30.4 Å². The molecule has 2 N–H and O–H groups in total. The van der Waals surface area contributed by atoms with Crippen LogP contribution in [0.4, 0.5) is 0 Å². The Kier molecular flexibility index (Phi) is 9.32. The zero-order valence-corrected chi connectivity index (χ0v) is 20.9. The molecule has 1 fully saturated rings. The van der Waals surface area contributed by atoms with Crippen LogP contribution in [0.2, 0.25) is 0 Å². The summed E-state index contributed by atoms with van der Waals surface area (Å²) in [6, 6.07) is 23.9. The van der Waals surface area contributed by atoms with E-state index in [0.717, 1.165) is 29.7 Å². The highest BCUT2D eigenvalue weighted by Crippen LogP contribution is 2.17. The number of para-hydroxylation sites is 1. The van der Waals surface area contributed by atoms with Crippen LogP contribution >= 0.6 is 0 Å². The van der Waals surface area contributed by atoms with Crippen molar-refractivity contribution in [2.45, 2.75) is 25.9 Å². The molecule has 4 rings (SSSR count). The van der Waals surface area contributed by atoms with Gasteiger partial charge in [-0.3, -0.25) is 9.59 Å². The third-order valence-electron chi connectivity index (χ3n) is 5.94. The number of rotatable bonds is 11. The van der Waals surface area contributed by atoms with Gasteiger partial charge in [0.2, 0.25) is 0 Å². The molecule has 192 valence electrons. The lowest BCUT2D eigenvalue weighted by Crippen LogP contribution is -2.38. The summed E-state index contributed by atoms with van der Waals surface area (Å²) in [7, 11) is 0. The number of carbonyl (C=O) groups excluding carboxylic acids is 2. The first-order valence-electron chi connectivity index (χ1n) is 12.5. The molecular weight excluding hydrogens is 468 g/mol. The van der Waals surface area contributed by atoms with Gasteiger partial charge in [0.05, 0.1) is 6.10 Å². The molecule has 0 saturated carbocycles. The van der Waals surface area contributed by atoms with E-state index in [0.29, 0.717) is 37.7 Å². The van der Waals surface area contributed by atoms with Crippen LogP contribution in [0.3, 0.4) is 0 Å². The van der Waals surface area contributed by atoms with Crippen LogP contribution in [0, 0.1) is 6.92 Å². The summed E-state index contributed by atoms with van der Waals surface area (Å²) in [5.74, 6) is 0.804. The van der Waals surface area contributed by atoms with Gasteiger partial charge in [-0.15, -0.1) is 0 Å². The first kappa shape index (κ1) is 26.0. The Morgan fingerprint density at radius 3 is 2.41 bits per heavy atom. The highest BCUT2D eigenvalue weighted by Gasteiger charge is 2.19. The number of hydrogen-bond donors (Lipinski definition) is 2. The van der Waals surface area contributed by atoms with Crippen LogP contribution in [0.5, 0.6) is 11.5 Å². The van der Waals surface area contributed by atoms with Crippen molar-refractivity contribution in [1.82, 2.24) is 10.6 Å². The minimum atomic E-state index is -0.367. The van der Waals surface area contributed by atoms with Crippen LogP contribution in [0.15, 0.2) is 84.6 Å². The zero-order chi connectivity index (χ0) is 25.9. The van der Waals surface area contributed by atoms with Gasteiger partial charge in [-0.1, -0.05) is 48.5 Å². The summed E-state index contributed by atoms with van der Waals surface area (Å²) in [4.78, 5) is 25.7. The molecule has 3 aromatic rings. The minimum Gasteiger partial charge on any atom is -0.490 e. The SMILES string of the molecule is Cc1ccccc1OCCOc1ccc(/C=C(\NC(=O)c2ccccc2)C(=O)NCC2CCCO2)cc1. The molecule has 1 aliphatic heterocycles. The lowest BCUT2D eigenvalue weighted by Gasteiger charge is -2.14. The van der Waals surface area contributed by atoms with Gasteiger partial charge in [-0.2, -0.15) is 0 Å². The zero-order valence-electron chi connectivity index (χ0n) is 20.9. The van der Waals surface area contributed by atoms with Crippen LogP contribution in [-0.4, -0.2) is 44.3 Å². The standard InChI is InChI=1S/C30H32N2O5/c1-22-8-5-6-12-28(22)37-19-18-36-25-15-13-23(14-16-25)20-27(30(34)31-21-26-11-7-17-35-26)32-29(33)24-9-3-2-4-10-24/h2-6,8-10,12-16,20,26H,7,11,17-19,21H2,1H3,(H,31,34)(H,32,33)/b27-20-. The quantitative estimate of drug-likeness (QED) is 0.299. The first-order chi connectivity index (χ1) is 18.1. The van der Waals surface area contributed by atoms with E-state index < -0.39 is 0 Å². The number of nitrogens with one attached hydrogen (secondary N) is 2. The molecule has 7 nitrogen and oxygen atoms in total. The average Bonchev–Trinajstić information content (AvgIpc) is 3.45. The van der Waals surface area contributed by atoms with Crippen LogP contribution in [0.25, 0.3) is 6.08 Å². The molecule has 37 heavy (non-hydrogen) atoms. The van der Waals surface area contributed by atoms with Gasteiger partial charge in [0, 0.05) is 18.7 Å². The van der Waals surface area contributed by atoms with Gasteiger partial charge in [-0.05, 0) is 67.3 Å². The average molecular weight is 501 g/mol. The molecule has 0 aromatic heterocycles. The molecular formula is C30H32N2O5. The third-order valence-corrected chi connectivity index (χ3v) is 5.94. The Hall–Kier alpha value is -4.10. The van der Waals surface area contributed by atoms with Crippen molar-refractivity contribution in [3.8, 4) is 11.5 Å². The number of carbonyl (C=O) groups is 2. The fourth-order valence-electron chi connectivity index (χ4n) is 3.91. The maximum absolute atomic E-state index is 13.0.